The molecule has 0 saturated carbocycles. The molecule has 0 spiro atoms. The Bertz CT molecular complexity index is 422. The van der Waals surface area contributed by atoms with Crippen LogP contribution in [0.4, 0.5) is 13.2 Å². The number of hydrogen-bond donors (Lipinski definition) is 0. The summed E-state index contributed by atoms with van der Waals surface area (Å²) >= 11 is 0.949. The molecule has 4 heteroatoms. The Morgan fingerprint density at radius 1 is 0.783 bits per heavy atom. The fraction of sp³-hybridized carbons (Fsp3) is 0.789. The van der Waals surface area contributed by atoms with E-state index in [-0.39, 0.29) is 5.41 Å². The summed E-state index contributed by atoms with van der Waals surface area (Å²) in [6.07, 6.45) is 7.15. The van der Waals surface area contributed by atoms with Gasteiger partial charge in [-0.3, -0.25) is 0 Å². The van der Waals surface area contributed by atoms with Gasteiger partial charge < -0.3 is 0 Å². The SMILES string of the molecule is CCCCCCC(C)(CCCCCC)c1ccc(C(F)(F)F)s1. The van der Waals surface area contributed by atoms with Crippen LogP contribution in [-0.4, -0.2) is 0 Å². The maximum absolute atomic E-state index is 12.9. The van der Waals surface area contributed by atoms with Gasteiger partial charge in [0, 0.05) is 10.3 Å². The minimum Gasteiger partial charge on any atom is -0.165 e. The zero-order valence-electron chi connectivity index (χ0n) is 14.8. The summed E-state index contributed by atoms with van der Waals surface area (Å²) in [4.78, 5) is 0.457. The highest BCUT2D eigenvalue weighted by molar-refractivity contribution is 7.12. The molecule has 0 atom stereocenters. The minimum atomic E-state index is -4.21. The van der Waals surface area contributed by atoms with E-state index in [9.17, 15) is 13.2 Å². The summed E-state index contributed by atoms with van der Waals surface area (Å²) in [5, 5.41) is 0. The molecular formula is C19H31F3S. The Morgan fingerprint density at radius 3 is 1.65 bits per heavy atom. The van der Waals surface area contributed by atoms with E-state index in [1.807, 2.05) is 0 Å². The van der Waals surface area contributed by atoms with Crippen LogP contribution in [0.5, 0.6) is 0 Å². The highest BCUT2D eigenvalue weighted by Gasteiger charge is 2.35. The van der Waals surface area contributed by atoms with Crippen molar-refractivity contribution in [1.82, 2.24) is 0 Å². The smallest absolute Gasteiger partial charge is 0.165 e. The summed E-state index contributed by atoms with van der Waals surface area (Å²) in [5.74, 6) is 0. The van der Waals surface area contributed by atoms with Crippen molar-refractivity contribution < 1.29 is 13.2 Å². The first-order valence-corrected chi connectivity index (χ1v) is 9.82. The molecule has 0 aliphatic rings. The van der Waals surface area contributed by atoms with Crippen molar-refractivity contribution in [3.63, 3.8) is 0 Å². The third-order valence-corrected chi connectivity index (χ3v) is 6.08. The number of hydrogen-bond acceptors (Lipinski definition) is 1. The number of rotatable bonds is 11. The molecule has 1 aromatic heterocycles. The lowest BCUT2D eigenvalue weighted by Gasteiger charge is -2.29. The summed E-state index contributed by atoms with van der Waals surface area (Å²) in [7, 11) is 0. The fourth-order valence-electron chi connectivity index (χ4n) is 3.07. The number of unbranched alkanes of at least 4 members (excludes halogenated alkanes) is 6. The van der Waals surface area contributed by atoms with E-state index in [0.717, 1.165) is 41.9 Å². The van der Waals surface area contributed by atoms with Gasteiger partial charge in [-0.15, -0.1) is 11.3 Å². The zero-order chi connectivity index (χ0) is 17.3. The van der Waals surface area contributed by atoms with Crippen LogP contribution in [0.3, 0.4) is 0 Å². The van der Waals surface area contributed by atoms with Gasteiger partial charge in [0.1, 0.15) is 4.88 Å². The molecule has 0 fully saturated rings. The van der Waals surface area contributed by atoms with Crippen molar-refractivity contribution in [3.05, 3.63) is 21.9 Å². The maximum Gasteiger partial charge on any atom is 0.425 e. The van der Waals surface area contributed by atoms with Gasteiger partial charge in [-0.2, -0.15) is 13.2 Å². The Balaban J connectivity index is 2.77. The molecule has 1 rings (SSSR count). The number of thiophene rings is 1. The Hall–Kier alpha value is -0.510. The molecule has 0 unspecified atom stereocenters. The van der Waals surface area contributed by atoms with E-state index < -0.39 is 11.1 Å². The van der Waals surface area contributed by atoms with Gasteiger partial charge in [0.15, 0.2) is 0 Å². The highest BCUT2D eigenvalue weighted by atomic mass is 32.1. The van der Waals surface area contributed by atoms with Gasteiger partial charge in [-0.1, -0.05) is 72.1 Å². The van der Waals surface area contributed by atoms with Crippen LogP contribution in [-0.2, 0) is 11.6 Å². The van der Waals surface area contributed by atoms with Crippen molar-refractivity contribution in [2.24, 2.45) is 0 Å². The predicted octanol–water partition coefficient (Wildman–Crippen LogP) is 7.97. The van der Waals surface area contributed by atoms with Crippen LogP contribution in [0.2, 0.25) is 0 Å². The lowest BCUT2D eigenvalue weighted by atomic mass is 9.78. The van der Waals surface area contributed by atoms with Crippen molar-refractivity contribution in [1.29, 1.82) is 0 Å². The minimum absolute atomic E-state index is 0.102. The van der Waals surface area contributed by atoms with Crippen LogP contribution >= 0.6 is 11.3 Å². The largest absolute Gasteiger partial charge is 0.425 e. The van der Waals surface area contributed by atoms with E-state index in [4.69, 9.17) is 0 Å². The normalized spacial score (nSPS) is 12.8. The molecule has 0 aliphatic heterocycles. The summed E-state index contributed by atoms with van der Waals surface area (Å²) < 4.78 is 38.7. The molecule has 0 aromatic carbocycles. The third-order valence-electron chi connectivity index (χ3n) is 4.64. The Morgan fingerprint density at radius 2 is 1.26 bits per heavy atom. The van der Waals surface area contributed by atoms with Crippen molar-refractivity contribution in [2.45, 2.75) is 96.6 Å². The second-order valence-corrected chi connectivity index (χ2v) is 7.93. The average Bonchev–Trinajstić information content (AvgIpc) is 2.99. The molecule has 0 bridgehead atoms. The topological polar surface area (TPSA) is 0 Å². The molecule has 23 heavy (non-hydrogen) atoms. The van der Waals surface area contributed by atoms with E-state index in [0.29, 0.717) is 0 Å². The molecule has 0 nitrogen and oxygen atoms in total. The van der Waals surface area contributed by atoms with Gasteiger partial charge >= 0.3 is 6.18 Å². The molecule has 0 amide bonds. The van der Waals surface area contributed by atoms with Crippen LogP contribution in [0.25, 0.3) is 0 Å². The second kappa shape index (κ2) is 9.71. The van der Waals surface area contributed by atoms with Crippen molar-refractivity contribution in [2.75, 3.05) is 0 Å². The molecule has 0 N–H and O–H groups in total. The summed E-state index contributed by atoms with van der Waals surface area (Å²) in [6.45, 7) is 6.52. The van der Waals surface area contributed by atoms with E-state index in [1.165, 1.54) is 44.6 Å². The van der Waals surface area contributed by atoms with Gasteiger partial charge in [0.05, 0.1) is 0 Å². The van der Waals surface area contributed by atoms with E-state index in [1.54, 1.807) is 6.07 Å². The van der Waals surface area contributed by atoms with E-state index >= 15 is 0 Å². The van der Waals surface area contributed by atoms with Crippen molar-refractivity contribution in [3.8, 4) is 0 Å². The average molecular weight is 349 g/mol. The first kappa shape index (κ1) is 20.5. The predicted molar refractivity (Wildman–Crippen MR) is 94.2 cm³/mol. The zero-order valence-corrected chi connectivity index (χ0v) is 15.6. The first-order valence-electron chi connectivity index (χ1n) is 9.01. The first-order chi connectivity index (χ1) is 10.8. The quantitative estimate of drug-likeness (QED) is 0.356. The highest BCUT2D eigenvalue weighted by Crippen LogP contribution is 2.43. The molecule has 134 valence electrons. The molecule has 0 aliphatic carbocycles. The van der Waals surface area contributed by atoms with Crippen LogP contribution in [0, 0.1) is 0 Å². The monoisotopic (exact) mass is 348 g/mol. The molecule has 0 saturated heterocycles. The number of halogens is 3. The van der Waals surface area contributed by atoms with Gasteiger partial charge in [0.2, 0.25) is 0 Å². The molecule has 1 heterocycles. The third kappa shape index (κ3) is 6.86. The van der Waals surface area contributed by atoms with Crippen LogP contribution < -0.4 is 0 Å². The molecular weight excluding hydrogens is 317 g/mol. The Kier molecular flexibility index (Phi) is 8.66. The lowest BCUT2D eigenvalue weighted by molar-refractivity contribution is -0.134. The van der Waals surface area contributed by atoms with E-state index in [2.05, 4.69) is 20.8 Å². The van der Waals surface area contributed by atoms with Crippen molar-refractivity contribution >= 4 is 11.3 Å². The van der Waals surface area contributed by atoms with Gasteiger partial charge in [-0.05, 0) is 25.0 Å². The fourth-order valence-corrected chi connectivity index (χ4v) is 4.15. The number of alkyl halides is 3. The lowest BCUT2D eigenvalue weighted by Crippen LogP contribution is -2.20. The standard InChI is InChI=1S/C19H31F3S/c1-4-6-8-10-14-18(3,15-11-9-7-5-2)16-12-13-17(23-16)19(20,21)22/h12-13H,4-11,14-15H2,1-3H3. The molecule has 1 aromatic rings. The van der Waals surface area contributed by atoms with Gasteiger partial charge in [-0.25, -0.2) is 0 Å². The Labute approximate surface area is 143 Å². The van der Waals surface area contributed by atoms with Crippen LogP contribution in [0.1, 0.15) is 94.7 Å². The summed E-state index contributed by atoms with van der Waals surface area (Å²) in [6, 6.07) is 2.98. The summed E-state index contributed by atoms with van der Waals surface area (Å²) in [5.41, 5.74) is -0.102. The molecule has 0 radical (unpaired) electrons. The second-order valence-electron chi connectivity index (χ2n) is 6.84. The maximum atomic E-state index is 12.9. The van der Waals surface area contributed by atoms with Gasteiger partial charge in [0.25, 0.3) is 0 Å². The van der Waals surface area contributed by atoms with Crippen LogP contribution in [0.15, 0.2) is 12.1 Å².